The predicted molar refractivity (Wildman–Crippen MR) is 99.6 cm³/mol. The van der Waals surface area contributed by atoms with Crippen molar-refractivity contribution in [3.63, 3.8) is 0 Å². The first-order valence-electron chi connectivity index (χ1n) is 9.31. The third-order valence-electron chi connectivity index (χ3n) is 5.19. The summed E-state index contributed by atoms with van der Waals surface area (Å²) in [5.41, 5.74) is -0.408. The summed E-state index contributed by atoms with van der Waals surface area (Å²) in [6, 6.07) is 5.05. The Morgan fingerprint density at radius 1 is 1.23 bits per heavy atom. The van der Waals surface area contributed by atoms with E-state index in [-0.39, 0.29) is 40.6 Å². The third kappa shape index (κ3) is 4.27. The van der Waals surface area contributed by atoms with Gasteiger partial charge in [0.15, 0.2) is 6.61 Å². The van der Waals surface area contributed by atoms with Crippen LogP contribution in [0.15, 0.2) is 18.2 Å². The van der Waals surface area contributed by atoms with E-state index in [2.05, 4.69) is 5.32 Å². The molecule has 11 heteroatoms. The number of nitriles is 1. The van der Waals surface area contributed by atoms with Crippen LogP contribution in [-0.4, -0.2) is 46.7 Å². The van der Waals surface area contributed by atoms with Crippen LogP contribution in [0.1, 0.15) is 31.2 Å². The largest absolute Gasteiger partial charge is 0.454 e. The van der Waals surface area contributed by atoms with E-state index >= 15 is 0 Å². The molecule has 1 saturated heterocycles. The number of imide groups is 1. The number of benzene rings is 1. The lowest BCUT2D eigenvalue weighted by Crippen LogP contribution is -2.37. The average molecular weight is 414 g/mol. The van der Waals surface area contributed by atoms with Gasteiger partial charge in [-0.05, 0) is 18.9 Å². The Morgan fingerprint density at radius 3 is 2.43 bits per heavy atom. The number of amides is 3. The van der Waals surface area contributed by atoms with E-state index < -0.39 is 30.0 Å². The highest BCUT2D eigenvalue weighted by Crippen LogP contribution is 2.37. The average Bonchev–Trinajstić information content (AvgIpc) is 2.97. The van der Waals surface area contributed by atoms with Crippen molar-refractivity contribution in [2.75, 3.05) is 18.5 Å². The van der Waals surface area contributed by atoms with Gasteiger partial charge in [-0.3, -0.25) is 34.2 Å². The number of ether oxygens (including phenoxy) is 1. The zero-order chi connectivity index (χ0) is 21.8. The van der Waals surface area contributed by atoms with Crippen molar-refractivity contribution in [2.24, 2.45) is 11.8 Å². The molecule has 2 fully saturated rings. The highest BCUT2D eigenvalue weighted by molar-refractivity contribution is 6.07. The molecule has 1 heterocycles. The number of anilines is 1. The van der Waals surface area contributed by atoms with Gasteiger partial charge in [-0.15, -0.1) is 0 Å². The quantitative estimate of drug-likeness (QED) is 0.314. The summed E-state index contributed by atoms with van der Waals surface area (Å²) in [5.74, 6) is -3.20. The van der Waals surface area contributed by atoms with Gasteiger partial charge in [-0.1, -0.05) is 12.8 Å². The monoisotopic (exact) mass is 414 g/mol. The fourth-order valence-electron chi connectivity index (χ4n) is 3.74. The first-order valence-corrected chi connectivity index (χ1v) is 9.31. The van der Waals surface area contributed by atoms with Crippen molar-refractivity contribution in [2.45, 2.75) is 25.7 Å². The standard InChI is InChI=1S/C19H18N4O7/c20-8-11-7-12(23(28)29)5-6-15(11)21-16(24)10-30-17(25)9-22-18(26)13-3-1-2-4-14(13)19(22)27/h5-7,13-14H,1-4,9-10H2,(H,21,24)/t13-,14+. The van der Waals surface area contributed by atoms with Crippen LogP contribution in [0, 0.1) is 33.3 Å². The minimum absolute atomic E-state index is 0.0260. The molecule has 1 aromatic rings. The first-order chi connectivity index (χ1) is 14.3. The molecule has 1 N–H and O–H groups in total. The number of carbonyl (C=O) groups excluding carboxylic acids is 4. The van der Waals surface area contributed by atoms with Gasteiger partial charge in [0.25, 0.3) is 11.6 Å². The Hall–Kier alpha value is -3.81. The molecule has 1 aliphatic heterocycles. The number of esters is 1. The zero-order valence-corrected chi connectivity index (χ0v) is 15.8. The van der Waals surface area contributed by atoms with E-state index in [4.69, 9.17) is 10.00 Å². The van der Waals surface area contributed by atoms with Crippen molar-refractivity contribution in [1.29, 1.82) is 5.26 Å². The van der Waals surface area contributed by atoms with Crippen molar-refractivity contribution < 1.29 is 28.8 Å². The molecule has 1 saturated carbocycles. The number of nitrogens with zero attached hydrogens (tertiary/aromatic N) is 3. The number of nitro benzene ring substituents is 1. The number of rotatable bonds is 6. The molecule has 156 valence electrons. The minimum atomic E-state index is -0.908. The molecular formula is C19H18N4O7. The molecule has 2 atom stereocenters. The second-order valence-corrected chi connectivity index (χ2v) is 7.07. The Bertz CT molecular complexity index is 944. The zero-order valence-electron chi connectivity index (χ0n) is 15.8. The van der Waals surface area contributed by atoms with Crippen LogP contribution in [0.2, 0.25) is 0 Å². The van der Waals surface area contributed by atoms with E-state index in [1.807, 2.05) is 0 Å². The molecule has 1 aliphatic carbocycles. The van der Waals surface area contributed by atoms with Gasteiger partial charge >= 0.3 is 5.97 Å². The summed E-state index contributed by atoms with van der Waals surface area (Å²) < 4.78 is 4.84. The van der Waals surface area contributed by atoms with E-state index in [0.717, 1.165) is 29.9 Å². The minimum Gasteiger partial charge on any atom is -0.454 e. The van der Waals surface area contributed by atoms with Crippen LogP contribution in [0.25, 0.3) is 0 Å². The molecule has 0 bridgehead atoms. The molecule has 0 spiro atoms. The van der Waals surface area contributed by atoms with Crippen LogP contribution < -0.4 is 5.32 Å². The second kappa shape index (κ2) is 8.69. The number of fused-ring (bicyclic) bond motifs is 1. The lowest BCUT2D eigenvalue weighted by molar-refractivity contribution is -0.384. The van der Waals surface area contributed by atoms with Crippen molar-refractivity contribution in [3.05, 3.63) is 33.9 Å². The van der Waals surface area contributed by atoms with E-state index in [0.29, 0.717) is 12.8 Å². The van der Waals surface area contributed by atoms with E-state index in [1.54, 1.807) is 6.07 Å². The van der Waals surface area contributed by atoms with Gasteiger partial charge in [-0.25, -0.2) is 0 Å². The molecule has 11 nitrogen and oxygen atoms in total. The van der Waals surface area contributed by atoms with Gasteiger partial charge < -0.3 is 10.1 Å². The number of nitro groups is 1. The summed E-state index contributed by atoms with van der Waals surface area (Å²) in [5, 5.41) is 22.2. The van der Waals surface area contributed by atoms with Crippen LogP contribution in [0.4, 0.5) is 11.4 Å². The summed E-state index contributed by atoms with van der Waals surface area (Å²) in [6.07, 6.45) is 2.98. The number of carbonyl (C=O) groups is 4. The Morgan fingerprint density at radius 2 is 1.87 bits per heavy atom. The van der Waals surface area contributed by atoms with Gasteiger partial charge in [0, 0.05) is 12.1 Å². The summed E-state index contributed by atoms with van der Waals surface area (Å²) in [7, 11) is 0. The van der Waals surface area contributed by atoms with Gasteiger partial charge in [0.2, 0.25) is 11.8 Å². The smallest absolute Gasteiger partial charge is 0.326 e. The van der Waals surface area contributed by atoms with Gasteiger partial charge in [-0.2, -0.15) is 5.26 Å². The van der Waals surface area contributed by atoms with Crippen LogP contribution >= 0.6 is 0 Å². The van der Waals surface area contributed by atoms with Gasteiger partial charge in [0.05, 0.1) is 28.0 Å². The van der Waals surface area contributed by atoms with Gasteiger partial charge in [0.1, 0.15) is 12.6 Å². The maximum atomic E-state index is 12.4. The van der Waals surface area contributed by atoms with Crippen molar-refractivity contribution in [1.82, 2.24) is 4.90 Å². The van der Waals surface area contributed by atoms with Crippen molar-refractivity contribution >= 4 is 35.1 Å². The molecule has 30 heavy (non-hydrogen) atoms. The predicted octanol–water partition coefficient (Wildman–Crippen LogP) is 1.12. The number of hydrogen-bond acceptors (Lipinski definition) is 8. The van der Waals surface area contributed by atoms with Crippen LogP contribution in [-0.2, 0) is 23.9 Å². The lowest BCUT2D eigenvalue weighted by Gasteiger charge is -2.19. The maximum absolute atomic E-state index is 12.4. The molecule has 3 rings (SSSR count). The Balaban J connectivity index is 1.53. The van der Waals surface area contributed by atoms with Crippen LogP contribution in [0.3, 0.4) is 0 Å². The second-order valence-electron chi connectivity index (χ2n) is 7.07. The highest BCUT2D eigenvalue weighted by atomic mass is 16.6. The highest BCUT2D eigenvalue weighted by Gasteiger charge is 2.48. The fraction of sp³-hybridized carbons (Fsp3) is 0.421. The molecule has 0 radical (unpaired) electrons. The SMILES string of the molecule is N#Cc1cc([N+](=O)[O-])ccc1NC(=O)COC(=O)CN1C(=O)[C@H]2CCCC[C@H]2C1=O. The lowest BCUT2D eigenvalue weighted by atomic mass is 9.81. The summed E-state index contributed by atoms with van der Waals surface area (Å²) in [4.78, 5) is 59.7. The maximum Gasteiger partial charge on any atom is 0.326 e. The number of nitrogens with one attached hydrogen (secondary N) is 1. The number of non-ortho nitro benzene ring substituents is 1. The first kappa shape index (κ1) is 20.9. The van der Waals surface area contributed by atoms with Crippen molar-refractivity contribution in [3.8, 4) is 6.07 Å². The molecular weight excluding hydrogens is 396 g/mol. The molecule has 2 aliphatic rings. The molecule has 1 aromatic carbocycles. The number of hydrogen-bond donors (Lipinski definition) is 1. The normalized spacial score (nSPS) is 20.3. The van der Waals surface area contributed by atoms with Crippen LogP contribution in [0.5, 0.6) is 0 Å². The molecule has 0 aromatic heterocycles. The fourth-order valence-corrected chi connectivity index (χ4v) is 3.74. The molecule has 3 amide bonds. The number of likely N-dealkylation sites (tertiary alicyclic amines) is 1. The molecule has 0 unspecified atom stereocenters. The summed E-state index contributed by atoms with van der Waals surface area (Å²) in [6.45, 7) is -1.26. The third-order valence-corrected chi connectivity index (χ3v) is 5.19. The summed E-state index contributed by atoms with van der Waals surface area (Å²) >= 11 is 0. The Labute approximate surface area is 170 Å². The topological polar surface area (TPSA) is 160 Å². The van der Waals surface area contributed by atoms with E-state index in [1.165, 1.54) is 6.07 Å². The Kier molecular flexibility index (Phi) is 6.06. The van der Waals surface area contributed by atoms with E-state index in [9.17, 15) is 29.3 Å².